The molecule has 1 amide bonds. The van der Waals surface area contributed by atoms with Crippen LogP contribution in [0.5, 0.6) is 0 Å². The molecule has 0 saturated heterocycles. The molecule has 5 nitrogen and oxygen atoms in total. The summed E-state index contributed by atoms with van der Waals surface area (Å²) in [5.41, 5.74) is 0.779. The van der Waals surface area contributed by atoms with Crippen molar-refractivity contribution in [1.29, 1.82) is 0 Å². The Labute approximate surface area is 131 Å². The molecule has 1 N–H and O–H groups in total. The minimum atomic E-state index is -0.705. The van der Waals surface area contributed by atoms with Gasteiger partial charge in [-0.2, -0.15) is 0 Å². The molecular weight excluding hydrogens is 282 g/mol. The largest absolute Gasteiger partial charge is 0.464 e. The zero-order valence-electron chi connectivity index (χ0n) is 12.9. The van der Waals surface area contributed by atoms with E-state index in [1.165, 1.54) is 6.08 Å². The summed E-state index contributed by atoms with van der Waals surface area (Å²) in [7, 11) is 0. The topological polar surface area (TPSA) is 64.6 Å². The molecule has 1 unspecified atom stereocenters. The molecule has 0 fully saturated rings. The Morgan fingerprint density at radius 2 is 2.00 bits per heavy atom. The Morgan fingerprint density at radius 3 is 2.64 bits per heavy atom. The summed E-state index contributed by atoms with van der Waals surface area (Å²) >= 11 is 0. The van der Waals surface area contributed by atoms with Crippen LogP contribution in [-0.4, -0.2) is 31.6 Å². The molecular formula is C17H23NO4. The third-order valence-electron chi connectivity index (χ3n) is 2.94. The SMILES string of the molecule is C=CC(=O)NCCCCOC(C(=O)OCC)c1ccccc1. The summed E-state index contributed by atoms with van der Waals surface area (Å²) in [5.74, 6) is -0.566. The second-order valence-electron chi connectivity index (χ2n) is 4.62. The number of carbonyl (C=O) groups is 2. The first-order valence-corrected chi connectivity index (χ1v) is 7.42. The van der Waals surface area contributed by atoms with Crippen LogP contribution in [0.15, 0.2) is 43.0 Å². The van der Waals surface area contributed by atoms with Crippen molar-refractivity contribution in [3.05, 3.63) is 48.6 Å². The Balaban J connectivity index is 2.40. The third-order valence-corrected chi connectivity index (χ3v) is 2.94. The molecule has 0 aliphatic rings. The minimum Gasteiger partial charge on any atom is -0.464 e. The Hall–Kier alpha value is -2.14. The molecule has 5 heteroatoms. The number of amides is 1. The van der Waals surface area contributed by atoms with Gasteiger partial charge in [0, 0.05) is 13.2 Å². The fraction of sp³-hybridized carbons (Fsp3) is 0.412. The molecule has 120 valence electrons. The highest BCUT2D eigenvalue weighted by atomic mass is 16.6. The van der Waals surface area contributed by atoms with Crippen molar-refractivity contribution < 1.29 is 19.1 Å². The van der Waals surface area contributed by atoms with Crippen molar-refractivity contribution in [3.8, 4) is 0 Å². The van der Waals surface area contributed by atoms with Crippen molar-refractivity contribution in [2.75, 3.05) is 19.8 Å². The van der Waals surface area contributed by atoms with Gasteiger partial charge in [-0.25, -0.2) is 4.79 Å². The van der Waals surface area contributed by atoms with Crippen LogP contribution >= 0.6 is 0 Å². The molecule has 1 rings (SSSR count). The Morgan fingerprint density at radius 1 is 1.27 bits per heavy atom. The van der Waals surface area contributed by atoms with Crippen LogP contribution in [0.4, 0.5) is 0 Å². The number of benzene rings is 1. The van der Waals surface area contributed by atoms with E-state index >= 15 is 0 Å². The van der Waals surface area contributed by atoms with E-state index in [2.05, 4.69) is 11.9 Å². The van der Waals surface area contributed by atoms with Gasteiger partial charge in [0.15, 0.2) is 6.10 Å². The molecule has 0 radical (unpaired) electrons. The van der Waals surface area contributed by atoms with Gasteiger partial charge in [-0.3, -0.25) is 4.79 Å². The molecule has 1 aromatic rings. The summed E-state index contributed by atoms with van der Waals surface area (Å²) in [4.78, 5) is 23.0. The number of hydrogen-bond donors (Lipinski definition) is 1. The van der Waals surface area contributed by atoms with E-state index in [-0.39, 0.29) is 11.9 Å². The number of carbonyl (C=O) groups excluding carboxylic acids is 2. The minimum absolute atomic E-state index is 0.186. The molecule has 0 saturated carbocycles. The van der Waals surface area contributed by atoms with Gasteiger partial charge < -0.3 is 14.8 Å². The summed E-state index contributed by atoms with van der Waals surface area (Å²) in [6.45, 7) is 6.44. The van der Waals surface area contributed by atoms with E-state index < -0.39 is 6.10 Å². The zero-order chi connectivity index (χ0) is 16.2. The molecule has 0 bridgehead atoms. The van der Waals surface area contributed by atoms with Gasteiger partial charge in [0.25, 0.3) is 0 Å². The maximum atomic E-state index is 12.0. The van der Waals surface area contributed by atoms with Crippen LogP contribution in [0.25, 0.3) is 0 Å². The van der Waals surface area contributed by atoms with Gasteiger partial charge in [0.1, 0.15) is 0 Å². The second kappa shape index (κ2) is 10.6. The van der Waals surface area contributed by atoms with E-state index in [1.54, 1.807) is 6.92 Å². The third kappa shape index (κ3) is 6.54. The molecule has 1 atom stereocenters. The standard InChI is InChI=1S/C17H23NO4/c1-3-15(19)18-12-8-9-13-22-16(17(20)21-4-2)14-10-6-5-7-11-14/h3,5-7,10-11,16H,1,4,8-9,12-13H2,2H3,(H,18,19). The van der Waals surface area contributed by atoms with Crippen LogP contribution in [0, 0.1) is 0 Å². The lowest BCUT2D eigenvalue weighted by Gasteiger charge is -2.16. The average Bonchev–Trinajstić information content (AvgIpc) is 2.54. The molecule has 22 heavy (non-hydrogen) atoms. The number of nitrogens with one attached hydrogen (secondary N) is 1. The first-order valence-electron chi connectivity index (χ1n) is 7.42. The van der Waals surface area contributed by atoms with E-state index in [0.29, 0.717) is 19.8 Å². The number of rotatable bonds is 10. The number of esters is 1. The maximum Gasteiger partial charge on any atom is 0.339 e. The number of unbranched alkanes of at least 4 members (excludes halogenated alkanes) is 1. The number of hydrogen-bond acceptors (Lipinski definition) is 4. The van der Waals surface area contributed by atoms with Gasteiger partial charge >= 0.3 is 5.97 Å². The van der Waals surface area contributed by atoms with Crippen molar-refractivity contribution in [1.82, 2.24) is 5.32 Å². The van der Waals surface area contributed by atoms with Crippen LogP contribution in [0.3, 0.4) is 0 Å². The van der Waals surface area contributed by atoms with Crippen LogP contribution in [0.1, 0.15) is 31.4 Å². The molecule has 1 aromatic carbocycles. The second-order valence-corrected chi connectivity index (χ2v) is 4.62. The fourth-order valence-electron chi connectivity index (χ4n) is 1.86. The lowest BCUT2D eigenvalue weighted by Crippen LogP contribution is -2.23. The van der Waals surface area contributed by atoms with E-state index in [9.17, 15) is 9.59 Å². The lowest BCUT2D eigenvalue weighted by atomic mass is 10.1. The first kappa shape index (κ1) is 17.9. The van der Waals surface area contributed by atoms with Crippen LogP contribution in [0.2, 0.25) is 0 Å². The molecule has 0 aliphatic carbocycles. The molecule has 0 heterocycles. The summed E-state index contributed by atoms with van der Waals surface area (Å²) in [6.07, 6.45) is 2.04. The summed E-state index contributed by atoms with van der Waals surface area (Å²) in [5, 5.41) is 2.69. The van der Waals surface area contributed by atoms with Crippen LogP contribution in [-0.2, 0) is 19.1 Å². The smallest absolute Gasteiger partial charge is 0.339 e. The summed E-state index contributed by atoms with van der Waals surface area (Å²) < 4.78 is 10.7. The monoisotopic (exact) mass is 305 g/mol. The zero-order valence-corrected chi connectivity index (χ0v) is 12.9. The maximum absolute atomic E-state index is 12.0. The molecule has 0 aromatic heterocycles. The van der Waals surface area contributed by atoms with Crippen molar-refractivity contribution in [2.45, 2.75) is 25.9 Å². The predicted molar refractivity (Wildman–Crippen MR) is 84.2 cm³/mol. The van der Waals surface area contributed by atoms with Gasteiger partial charge in [-0.15, -0.1) is 0 Å². The van der Waals surface area contributed by atoms with Crippen molar-refractivity contribution >= 4 is 11.9 Å². The highest BCUT2D eigenvalue weighted by Crippen LogP contribution is 2.19. The number of ether oxygens (including phenoxy) is 2. The van der Waals surface area contributed by atoms with Crippen molar-refractivity contribution in [2.24, 2.45) is 0 Å². The quantitative estimate of drug-likeness (QED) is 0.409. The highest BCUT2D eigenvalue weighted by Gasteiger charge is 2.22. The first-order chi connectivity index (χ1) is 10.7. The summed E-state index contributed by atoms with van der Waals surface area (Å²) in [6, 6.07) is 9.28. The van der Waals surface area contributed by atoms with E-state index in [4.69, 9.17) is 9.47 Å². The normalized spacial score (nSPS) is 11.5. The lowest BCUT2D eigenvalue weighted by molar-refractivity contribution is -0.157. The van der Waals surface area contributed by atoms with Crippen LogP contribution < -0.4 is 5.32 Å². The highest BCUT2D eigenvalue weighted by molar-refractivity contribution is 5.86. The van der Waals surface area contributed by atoms with Crippen molar-refractivity contribution in [3.63, 3.8) is 0 Å². The Kier molecular flexibility index (Phi) is 8.60. The van der Waals surface area contributed by atoms with E-state index in [0.717, 1.165) is 18.4 Å². The average molecular weight is 305 g/mol. The van der Waals surface area contributed by atoms with Gasteiger partial charge in [0.05, 0.1) is 6.61 Å². The fourth-order valence-corrected chi connectivity index (χ4v) is 1.86. The molecule has 0 aliphatic heterocycles. The predicted octanol–water partition coefficient (Wildman–Crippen LogP) is 2.39. The van der Waals surface area contributed by atoms with E-state index in [1.807, 2.05) is 30.3 Å². The van der Waals surface area contributed by atoms with Gasteiger partial charge in [-0.1, -0.05) is 36.9 Å². The Bertz CT molecular complexity index is 473. The van der Waals surface area contributed by atoms with Gasteiger partial charge in [-0.05, 0) is 31.4 Å². The molecule has 0 spiro atoms. The van der Waals surface area contributed by atoms with Gasteiger partial charge in [0.2, 0.25) is 5.91 Å².